The second-order valence-corrected chi connectivity index (χ2v) is 8.99. The van der Waals surface area contributed by atoms with Crippen molar-refractivity contribution < 1.29 is 24.5 Å². The normalized spacial score (nSPS) is 42.1. The van der Waals surface area contributed by atoms with Gasteiger partial charge in [0.25, 0.3) is 0 Å². The number of fused-ring (bicyclic) bond motifs is 3. The lowest BCUT2D eigenvalue weighted by Crippen LogP contribution is -2.51. The van der Waals surface area contributed by atoms with Crippen LogP contribution in [0, 0.1) is 35.0 Å². The number of aliphatic hydroxyl groups is 1. The molecule has 0 spiro atoms. The predicted molar refractivity (Wildman–Crippen MR) is 97.6 cm³/mol. The minimum atomic E-state index is -0.825. The Morgan fingerprint density at radius 3 is 2.58 bits per heavy atom. The molecule has 3 rings (SSSR count). The van der Waals surface area contributed by atoms with Gasteiger partial charge in [-0.1, -0.05) is 20.3 Å². The van der Waals surface area contributed by atoms with Crippen molar-refractivity contribution >= 4 is 11.8 Å². The first-order chi connectivity index (χ1) is 12.4. The lowest BCUT2D eigenvalue weighted by Gasteiger charge is -2.52. The first kappa shape index (κ1) is 19.8. The minimum absolute atomic E-state index is 0.0354. The third kappa shape index (κ3) is 3.45. The van der Waals surface area contributed by atoms with E-state index in [1.165, 1.54) is 0 Å². The molecule has 0 bridgehead atoms. The fourth-order valence-corrected chi connectivity index (χ4v) is 6.24. The second-order valence-electron chi connectivity index (χ2n) is 8.99. The van der Waals surface area contributed by atoms with Crippen molar-refractivity contribution in [2.24, 2.45) is 35.0 Å². The number of aliphatic hydroxyl groups excluding tert-OH is 1. The number of carbonyl (C=O) groups excluding carboxylic acids is 1. The summed E-state index contributed by atoms with van der Waals surface area (Å²) in [7, 11) is 0. The van der Waals surface area contributed by atoms with E-state index in [2.05, 4.69) is 13.8 Å². The summed E-state index contributed by atoms with van der Waals surface area (Å²) in [5.74, 6) is -1.06. The molecule has 7 atom stereocenters. The van der Waals surface area contributed by atoms with Crippen molar-refractivity contribution in [1.82, 2.24) is 0 Å². The molecule has 3 saturated carbocycles. The topological polar surface area (TPSA) is 83.8 Å². The molecule has 5 nitrogen and oxygen atoms in total. The Labute approximate surface area is 156 Å². The third-order valence-corrected chi connectivity index (χ3v) is 7.73. The summed E-state index contributed by atoms with van der Waals surface area (Å²) in [5.41, 5.74) is -0.0651. The number of unbranched alkanes of at least 4 members (excludes halogenated alkanes) is 1. The molecule has 3 fully saturated rings. The summed E-state index contributed by atoms with van der Waals surface area (Å²) >= 11 is 0. The van der Waals surface area contributed by atoms with E-state index >= 15 is 0 Å². The number of rotatable bonds is 7. The van der Waals surface area contributed by atoms with Gasteiger partial charge in [0.05, 0.1) is 12.0 Å². The average molecular weight is 366 g/mol. The molecule has 0 heterocycles. The summed E-state index contributed by atoms with van der Waals surface area (Å²) in [4.78, 5) is 24.8. The van der Waals surface area contributed by atoms with Crippen LogP contribution in [0.2, 0.25) is 0 Å². The highest BCUT2D eigenvalue weighted by Crippen LogP contribution is 2.61. The molecule has 0 aliphatic heterocycles. The van der Waals surface area contributed by atoms with Gasteiger partial charge in [-0.25, -0.2) is 0 Å². The average Bonchev–Trinajstić information content (AvgIpc) is 2.92. The molecule has 3 aliphatic rings. The summed E-state index contributed by atoms with van der Waals surface area (Å²) < 4.78 is 5.48. The predicted octanol–water partition coefficient (Wildman–Crippen LogP) is 3.29. The third-order valence-electron chi connectivity index (χ3n) is 7.73. The van der Waals surface area contributed by atoms with Crippen LogP contribution in [-0.4, -0.2) is 41.3 Å². The number of hydrogen-bond acceptors (Lipinski definition) is 4. The van der Waals surface area contributed by atoms with Crippen molar-refractivity contribution in [3.63, 3.8) is 0 Å². The standard InChI is InChI=1S/C21H34O5/c1-3-4-11-26-12-17(22)15-6-5-13-14(19(15)20(24)25)9-10-21(2)16(13)7-8-18(21)23/h13-16,18-19,23H,3-12H2,1-2H3,(H,24,25)/t13-,14+,15?,16+,18+,19-,21+/m1/s1. The van der Waals surface area contributed by atoms with E-state index < -0.39 is 17.8 Å². The Balaban J connectivity index is 1.71. The highest BCUT2D eigenvalue weighted by Gasteiger charge is 2.58. The van der Waals surface area contributed by atoms with Gasteiger partial charge in [0.2, 0.25) is 0 Å². The van der Waals surface area contributed by atoms with Gasteiger partial charge >= 0.3 is 5.97 Å². The van der Waals surface area contributed by atoms with Crippen LogP contribution in [0.15, 0.2) is 0 Å². The maximum Gasteiger partial charge on any atom is 0.307 e. The minimum Gasteiger partial charge on any atom is -0.481 e. The maximum atomic E-state index is 12.7. The molecule has 148 valence electrons. The van der Waals surface area contributed by atoms with Gasteiger partial charge < -0.3 is 14.9 Å². The zero-order valence-corrected chi connectivity index (χ0v) is 16.2. The van der Waals surface area contributed by atoms with Crippen LogP contribution in [0.3, 0.4) is 0 Å². The van der Waals surface area contributed by atoms with E-state index in [1.807, 2.05) is 0 Å². The molecular weight excluding hydrogens is 332 g/mol. The second kappa shape index (κ2) is 7.97. The Bertz CT molecular complexity index is 532. The quantitative estimate of drug-likeness (QED) is 0.676. The van der Waals surface area contributed by atoms with Gasteiger partial charge in [-0.05, 0) is 68.1 Å². The summed E-state index contributed by atoms with van der Waals surface area (Å²) in [5, 5.41) is 20.4. The van der Waals surface area contributed by atoms with E-state index in [0.29, 0.717) is 24.9 Å². The number of carboxylic acid groups (broad SMARTS) is 1. The van der Waals surface area contributed by atoms with Crippen molar-refractivity contribution in [1.29, 1.82) is 0 Å². The van der Waals surface area contributed by atoms with Gasteiger partial charge in [-0.15, -0.1) is 0 Å². The van der Waals surface area contributed by atoms with Crippen molar-refractivity contribution in [3.8, 4) is 0 Å². The van der Waals surface area contributed by atoms with Crippen LogP contribution in [0.1, 0.15) is 65.2 Å². The number of Topliss-reactive ketones (excluding diaryl/α,β-unsaturated/α-hetero) is 1. The van der Waals surface area contributed by atoms with Crippen LogP contribution in [0.5, 0.6) is 0 Å². The van der Waals surface area contributed by atoms with Crippen LogP contribution < -0.4 is 0 Å². The van der Waals surface area contributed by atoms with Crippen LogP contribution >= 0.6 is 0 Å². The zero-order chi connectivity index (χ0) is 18.9. The van der Waals surface area contributed by atoms with E-state index in [9.17, 15) is 19.8 Å². The summed E-state index contributed by atoms with van der Waals surface area (Å²) in [6.45, 7) is 4.87. The van der Waals surface area contributed by atoms with E-state index in [4.69, 9.17) is 4.74 Å². The maximum absolute atomic E-state index is 12.7. The molecule has 26 heavy (non-hydrogen) atoms. The van der Waals surface area contributed by atoms with Crippen LogP contribution in [-0.2, 0) is 14.3 Å². The van der Waals surface area contributed by atoms with Gasteiger partial charge in [0, 0.05) is 12.5 Å². The molecule has 3 aliphatic carbocycles. The monoisotopic (exact) mass is 366 g/mol. The first-order valence-corrected chi connectivity index (χ1v) is 10.4. The van der Waals surface area contributed by atoms with Crippen molar-refractivity contribution in [3.05, 3.63) is 0 Å². The highest BCUT2D eigenvalue weighted by molar-refractivity contribution is 5.87. The Morgan fingerprint density at radius 2 is 1.88 bits per heavy atom. The molecular formula is C21H34O5. The molecule has 2 N–H and O–H groups in total. The summed E-state index contributed by atoms with van der Waals surface area (Å²) in [6.07, 6.45) is 6.74. The largest absolute Gasteiger partial charge is 0.481 e. The Kier molecular flexibility index (Phi) is 6.07. The van der Waals surface area contributed by atoms with Gasteiger partial charge in [0.15, 0.2) is 5.78 Å². The van der Waals surface area contributed by atoms with Crippen LogP contribution in [0.25, 0.3) is 0 Å². The molecule has 5 heteroatoms. The smallest absolute Gasteiger partial charge is 0.307 e. The zero-order valence-electron chi connectivity index (χ0n) is 16.2. The SMILES string of the molecule is CCCCOCC(=O)C1CC[C@@H]2[C@H](CC[C@]3(C)[C@@H](O)CC[C@@H]23)[C@H]1C(=O)O. The van der Waals surface area contributed by atoms with E-state index in [0.717, 1.165) is 44.9 Å². The molecule has 0 radical (unpaired) electrons. The number of hydrogen-bond donors (Lipinski definition) is 2. The Hall–Kier alpha value is -0.940. The molecule has 1 unspecified atom stereocenters. The molecule has 0 amide bonds. The molecule has 0 saturated heterocycles. The number of ketones is 1. The highest BCUT2D eigenvalue weighted by atomic mass is 16.5. The molecule has 0 aromatic heterocycles. The fourth-order valence-electron chi connectivity index (χ4n) is 6.24. The van der Waals surface area contributed by atoms with Gasteiger partial charge in [-0.2, -0.15) is 0 Å². The lowest BCUT2D eigenvalue weighted by molar-refractivity contribution is -0.160. The number of carboxylic acids is 1. The number of aliphatic carboxylic acids is 1. The van der Waals surface area contributed by atoms with Crippen molar-refractivity contribution in [2.45, 2.75) is 71.3 Å². The van der Waals surface area contributed by atoms with Crippen LogP contribution in [0.4, 0.5) is 0 Å². The molecule has 0 aromatic carbocycles. The Morgan fingerprint density at radius 1 is 1.12 bits per heavy atom. The van der Waals surface area contributed by atoms with Gasteiger partial charge in [-0.3, -0.25) is 9.59 Å². The number of carbonyl (C=O) groups is 2. The van der Waals surface area contributed by atoms with Gasteiger partial charge in [0.1, 0.15) is 6.61 Å². The lowest BCUT2D eigenvalue weighted by atomic mass is 9.52. The first-order valence-electron chi connectivity index (χ1n) is 10.4. The number of ether oxygens (including phenoxy) is 1. The summed E-state index contributed by atoms with van der Waals surface area (Å²) in [6, 6.07) is 0. The van der Waals surface area contributed by atoms with E-state index in [-0.39, 0.29) is 29.8 Å². The fraction of sp³-hybridized carbons (Fsp3) is 0.905. The van der Waals surface area contributed by atoms with E-state index in [1.54, 1.807) is 0 Å². The molecule has 0 aromatic rings. The van der Waals surface area contributed by atoms with Crippen molar-refractivity contribution in [2.75, 3.05) is 13.2 Å².